The number of anilines is 1. The summed E-state index contributed by atoms with van der Waals surface area (Å²) >= 11 is 0. The molecular formula is C25H34N6OS. The predicted molar refractivity (Wildman–Crippen MR) is 136 cm³/mol. The zero-order chi connectivity index (χ0) is 23.7. The number of allylic oxidation sites excluding steroid dienone is 2. The lowest BCUT2D eigenvalue weighted by molar-refractivity contribution is 0.356. The van der Waals surface area contributed by atoms with Crippen LogP contribution in [-0.4, -0.2) is 42.1 Å². The predicted octanol–water partition coefficient (Wildman–Crippen LogP) is 4.56. The van der Waals surface area contributed by atoms with E-state index in [0.717, 1.165) is 40.9 Å². The highest BCUT2D eigenvalue weighted by molar-refractivity contribution is 7.84. The second-order valence-corrected chi connectivity index (χ2v) is 9.99. The molecule has 4 atom stereocenters. The number of fused-ring (bicyclic) bond motifs is 3. The van der Waals surface area contributed by atoms with Crippen LogP contribution in [0.1, 0.15) is 70.7 Å². The number of pyridine rings is 1. The summed E-state index contributed by atoms with van der Waals surface area (Å²) in [6.07, 6.45) is 11.8. The van der Waals surface area contributed by atoms with Gasteiger partial charge in [-0.05, 0) is 51.2 Å². The highest BCUT2D eigenvalue weighted by Gasteiger charge is 2.37. The van der Waals surface area contributed by atoms with Gasteiger partial charge in [-0.3, -0.25) is 9.19 Å². The van der Waals surface area contributed by atoms with Crippen LogP contribution in [0.4, 0.5) is 5.82 Å². The fourth-order valence-electron chi connectivity index (χ4n) is 5.01. The van der Waals surface area contributed by atoms with Gasteiger partial charge in [0, 0.05) is 41.6 Å². The average Bonchev–Trinajstić information content (AvgIpc) is 3.42. The summed E-state index contributed by atoms with van der Waals surface area (Å²) in [4.78, 5) is 10.3. The number of rotatable bonds is 4. The van der Waals surface area contributed by atoms with Gasteiger partial charge < -0.3 is 11.1 Å². The molecule has 2 bridgehead atoms. The van der Waals surface area contributed by atoms with Crippen molar-refractivity contribution in [3.8, 4) is 11.1 Å². The molecule has 3 unspecified atom stereocenters. The molecule has 8 heteroatoms. The first-order valence-corrected chi connectivity index (χ1v) is 13.4. The summed E-state index contributed by atoms with van der Waals surface area (Å²) in [7, 11) is -1.24. The van der Waals surface area contributed by atoms with Crippen LogP contribution in [0.25, 0.3) is 22.3 Å². The lowest BCUT2D eigenvalue weighted by atomic mass is 9.89. The van der Waals surface area contributed by atoms with Gasteiger partial charge in [0.1, 0.15) is 10.7 Å². The average molecular weight is 467 g/mol. The van der Waals surface area contributed by atoms with E-state index in [0.29, 0.717) is 28.4 Å². The van der Waals surface area contributed by atoms with Gasteiger partial charge in [-0.15, -0.1) is 0 Å². The van der Waals surface area contributed by atoms with E-state index in [2.05, 4.69) is 15.4 Å². The Bertz CT molecular complexity index is 1190. The van der Waals surface area contributed by atoms with Gasteiger partial charge in [0.15, 0.2) is 5.65 Å². The minimum atomic E-state index is -1.24. The summed E-state index contributed by atoms with van der Waals surface area (Å²) in [5.74, 6) is 0.679. The van der Waals surface area contributed by atoms with Crippen LogP contribution in [0.15, 0.2) is 35.5 Å². The minimum Gasteiger partial charge on any atom is -0.383 e. The quantitative estimate of drug-likeness (QED) is 0.585. The molecule has 0 spiro atoms. The van der Waals surface area contributed by atoms with Crippen molar-refractivity contribution in [2.24, 2.45) is 0 Å². The molecule has 7 nitrogen and oxygen atoms in total. The molecule has 3 aromatic rings. The zero-order valence-electron chi connectivity index (χ0n) is 20.1. The lowest BCUT2D eigenvalue weighted by Crippen LogP contribution is -2.37. The molecule has 2 aliphatic heterocycles. The molecule has 0 saturated carbocycles. The van der Waals surface area contributed by atoms with Gasteiger partial charge in [-0.2, -0.15) is 9.61 Å². The fraction of sp³-hybridized carbons (Fsp3) is 0.480. The summed E-state index contributed by atoms with van der Waals surface area (Å²) in [6, 6.07) is 5.08. The van der Waals surface area contributed by atoms with E-state index < -0.39 is 10.8 Å². The van der Waals surface area contributed by atoms with Crippen LogP contribution < -0.4 is 11.1 Å². The number of piperidine rings is 1. The topological polar surface area (TPSA) is 98.2 Å². The van der Waals surface area contributed by atoms with Crippen LogP contribution in [0.2, 0.25) is 0 Å². The molecule has 0 aliphatic carbocycles. The third-order valence-corrected chi connectivity index (χ3v) is 7.72. The molecule has 0 amide bonds. The van der Waals surface area contributed by atoms with E-state index in [9.17, 15) is 4.21 Å². The molecule has 2 fully saturated rings. The Balaban J connectivity index is 0.00000126. The van der Waals surface area contributed by atoms with E-state index in [-0.39, 0.29) is 5.92 Å². The molecule has 3 aromatic heterocycles. The third kappa shape index (κ3) is 4.34. The molecule has 5 rings (SSSR count). The Kier molecular flexibility index (Phi) is 6.95. The molecule has 2 aliphatic rings. The van der Waals surface area contributed by atoms with Crippen molar-refractivity contribution in [1.82, 2.24) is 24.9 Å². The molecule has 0 aromatic carbocycles. The van der Waals surface area contributed by atoms with Gasteiger partial charge in [-0.25, -0.2) is 4.98 Å². The van der Waals surface area contributed by atoms with Crippen molar-refractivity contribution in [2.75, 3.05) is 12.0 Å². The SMILES string of the molecule is C/C=C(\C)c1ccc(-c2cnn3c(N)c(S(C)=O)c(C4CC5CC[C@@H](C4)N5)nc23)cn1.CC. The molecule has 176 valence electrons. The van der Waals surface area contributed by atoms with E-state index in [1.54, 1.807) is 17.0 Å². The van der Waals surface area contributed by atoms with E-state index in [1.807, 2.05) is 52.1 Å². The second kappa shape index (κ2) is 9.73. The monoisotopic (exact) mass is 466 g/mol. The van der Waals surface area contributed by atoms with Crippen molar-refractivity contribution in [3.63, 3.8) is 0 Å². The van der Waals surface area contributed by atoms with Crippen LogP contribution in [0, 0.1) is 0 Å². The summed E-state index contributed by atoms with van der Waals surface area (Å²) in [5, 5.41) is 8.16. The van der Waals surface area contributed by atoms with Crippen molar-refractivity contribution in [1.29, 1.82) is 0 Å². The Morgan fingerprint density at radius 2 is 1.91 bits per heavy atom. The van der Waals surface area contributed by atoms with Crippen LogP contribution in [-0.2, 0) is 10.8 Å². The molecule has 33 heavy (non-hydrogen) atoms. The first-order valence-electron chi connectivity index (χ1n) is 11.8. The fourth-order valence-corrected chi connectivity index (χ4v) is 5.90. The Morgan fingerprint density at radius 1 is 1.21 bits per heavy atom. The maximum atomic E-state index is 12.7. The molecular weight excluding hydrogens is 432 g/mol. The second-order valence-electron chi connectivity index (χ2n) is 8.67. The zero-order valence-corrected chi connectivity index (χ0v) is 20.9. The summed E-state index contributed by atoms with van der Waals surface area (Å²) in [6.45, 7) is 8.05. The normalized spacial score (nSPS) is 23.3. The summed E-state index contributed by atoms with van der Waals surface area (Å²) < 4.78 is 14.3. The number of nitrogen functional groups attached to an aromatic ring is 1. The largest absolute Gasteiger partial charge is 0.383 e. The number of nitrogens with one attached hydrogen (secondary N) is 1. The standard InChI is InChI=1S/C23H28N6OS.C2H6/c1-4-13(2)19-8-5-14(11-25-19)18-12-26-29-22(24)21(31(3)30)20(28-23(18)29)15-9-16-6-7-17(10-15)27-16;1-2/h4-5,8,11-12,15-17,27H,6-7,9-10,24H2,1-3H3;1-2H3/b13-4+;/t15?,16-,17?,31?;/m0./s1. The number of hydrogen-bond donors (Lipinski definition) is 2. The highest BCUT2D eigenvalue weighted by atomic mass is 32.2. The van der Waals surface area contributed by atoms with Gasteiger partial charge >= 0.3 is 0 Å². The maximum absolute atomic E-state index is 12.7. The maximum Gasteiger partial charge on any atom is 0.165 e. The highest BCUT2D eigenvalue weighted by Crippen LogP contribution is 2.40. The van der Waals surface area contributed by atoms with E-state index >= 15 is 0 Å². The number of nitrogens with zero attached hydrogens (tertiary/aromatic N) is 4. The lowest BCUT2D eigenvalue weighted by Gasteiger charge is -2.30. The Hall–Kier alpha value is -2.58. The van der Waals surface area contributed by atoms with Gasteiger partial charge in [-0.1, -0.05) is 26.0 Å². The number of aromatic nitrogens is 4. The minimum absolute atomic E-state index is 0.255. The first kappa shape index (κ1) is 23.6. The molecule has 2 saturated heterocycles. The van der Waals surface area contributed by atoms with Gasteiger partial charge in [0.2, 0.25) is 0 Å². The molecule has 3 N–H and O–H groups in total. The van der Waals surface area contributed by atoms with Gasteiger partial charge in [0.05, 0.1) is 28.4 Å². The smallest absolute Gasteiger partial charge is 0.165 e. The van der Waals surface area contributed by atoms with E-state index in [1.165, 1.54) is 12.8 Å². The van der Waals surface area contributed by atoms with Crippen molar-refractivity contribution < 1.29 is 4.21 Å². The number of hydrogen-bond acceptors (Lipinski definition) is 6. The first-order chi connectivity index (χ1) is 16.0. The number of nitrogens with two attached hydrogens (primary N) is 1. The van der Waals surface area contributed by atoms with Crippen LogP contribution >= 0.6 is 0 Å². The van der Waals surface area contributed by atoms with Crippen LogP contribution in [0.5, 0.6) is 0 Å². The van der Waals surface area contributed by atoms with E-state index in [4.69, 9.17) is 10.7 Å². The van der Waals surface area contributed by atoms with Gasteiger partial charge in [0.25, 0.3) is 0 Å². The Morgan fingerprint density at radius 3 is 2.48 bits per heavy atom. The Labute approximate surface area is 198 Å². The van der Waals surface area contributed by atoms with Crippen molar-refractivity contribution in [2.45, 2.75) is 76.3 Å². The van der Waals surface area contributed by atoms with Crippen LogP contribution in [0.3, 0.4) is 0 Å². The van der Waals surface area contributed by atoms with Crippen molar-refractivity contribution in [3.05, 3.63) is 42.0 Å². The van der Waals surface area contributed by atoms with Crippen molar-refractivity contribution >= 4 is 27.8 Å². The third-order valence-electron chi connectivity index (χ3n) is 6.72. The summed E-state index contributed by atoms with van der Waals surface area (Å²) in [5.41, 5.74) is 12.0. The molecule has 0 radical (unpaired) electrons. The molecule has 5 heterocycles.